The Hall–Kier alpha value is -2.37. The van der Waals surface area contributed by atoms with Crippen LogP contribution in [0.5, 0.6) is 0 Å². The first kappa shape index (κ1) is 19.9. The smallest absolute Gasteiger partial charge is 0.341 e. The molecular formula is C15H11BrF2N2O5S. The third-order valence-electron chi connectivity index (χ3n) is 3.03. The second-order valence-corrected chi connectivity index (χ2v) is 7.41. The van der Waals surface area contributed by atoms with Crippen molar-refractivity contribution in [2.75, 3.05) is 11.9 Å². The van der Waals surface area contributed by atoms with Crippen molar-refractivity contribution in [3.05, 3.63) is 58.1 Å². The van der Waals surface area contributed by atoms with Gasteiger partial charge in [-0.25, -0.2) is 27.1 Å². The number of esters is 1. The van der Waals surface area contributed by atoms with Crippen LogP contribution in [0.15, 0.2) is 45.8 Å². The van der Waals surface area contributed by atoms with Crippen LogP contribution in [0.4, 0.5) is 14.5 Å². The molecule has 1 amide bonds. The summed E-state index contributed by atoms with van der Waals surface area (Å²) in [4.78, 5) is 23.1. The first-order chi connectivity index (χ1) is 12.1. The van der Waals surface area contributed by atoms with Gasteiger partial charge >= 0.3 is 5.97 Å². The lowest BCUT2D eigenvalue weighted by atomic mass is 10.2. The summed E-state index contributed by atoms with van der Waals surface area (Å²) in [5.41, 5.74) is -0.851. The topological polar surface area (TPSA) is 116 Å². The van der Waals surface area contributed by atoms with Gasteiger partial charge in [-0.05, 0) is 36.4 Å². The van der Waals surface area contributed by atoms with E-state index in [1.54, 1.807) is 0 Å². The minimum absolute atomic E-state index is 0.142. The number of carbonyl (C=O) groups excluding carboxylic acids is 2. The maximum absolute atomic E-state index is 13.7. The number of carbonyl (C=O) groups is 2. The molecule has 26 heavy (non-hydrogen) atoms. The van der Waals surface area contributed by atoms with Gasteiger partial charge in [0, 0.05) is 4.47 Å². The number of hydrogen-bond acceptors (Lipinski definition) is 5. The maximum Gasteiger partial charge on any atom is 0.341 e. The van der Waals surface area contributed by atoms with E-state index < -0.39 is 50.6 Å². The highest BCUT2D eigenvalue weighted by atomic mass is 79.9. The van der Waals surface area contributed by atoms with Crippen LogP contribution in [0.1, 0.15) is 10.4 Å². The van der Waals surface area contributed by atoms with Gasteiger partial charge in [-0.3, -0.25) is 4.79 Å². The van der Waals surface area contributed by atoms with Gasteiger partial charge in [-0.15, -0.1) is 0 Å². The zero-order valence-electron chi connectivity index (χ0n) is 12.8. The summed E-state index contributed by atoms with van der Waals surface area (Å²) in [5, 5.41) is 7.08. The molecule has 11 heteroatoms. The van der Waals surface area contributed by atoms with Gasteiger partial charge in [0.05, 0.1) is 16.1 Å². The molecule has 2 aromatic rings. The van der Waals surface area contributed by atoms with Gasteiger partial charge in [-0.1, -0.05) is 15.9 Å². The van der Waals surface area contributed by atoms with Crippen LogP contribution in [-0.2, 0) is 19.6 Å². The van der Waals surface area contributed by atoms with Crippen molar-refractivity contribution in [1.82, 2.24) is 0 Å². The van der Waals surface area contributed by atoms with Crippen LogP contribution >= 0.6 is 15.9 Å². The molecule has 0 aromatic heterocycles. The summed E-state index contributed by atoms with van der Waals surface area (Å²) in [6.45, 7) is -0.840. The summed E-state index contributed by atoms with van der Waals surface area (Å²) in [6.07, 6.45) is 0. The molecule has 7 nitrogen and oxygen atoms in total. The number of halogens is 3. The molecule has 0 unspecified atom stereocenters. The molecule has 138 valence electrons. The van der Waals surface area contributed by atoms with Crippen LogP contribution in [-0.4, -0.2) is 26.9 Å². The molecule has 0 heterocycles. The van der Waals surface area contributed by atoms with Crippen molar-refractivity contribution < 1.29 is 31.5 Å². The first-order valence-electron chi connectivity index (χ1n) is 6.82. The lowest BCUT2D eigenvalue weighted by Gasteiger charge is -2.09. The first-order valence-corrected chi connectivity index (χ1v) is 9.16. The fraction of sp³-hybridized carbons (Fsp3) is 0.0667. The average molecular weight is 449 g/mol. The van der Waals surface area contributed by atoms with Crippen LogP contribution < -0.4 is 10.5 Å². The summed E-state index contributed by atoms with van der Waals surface area (Å²) in [5.74, 6) is -3.92. The number of ether oxygens (including phenoxy) is 1. The molecule has 0 aliphatic carbocycles. The van der Waals surface area contributed by atoms with Crippen LogP contribution in [0.2, 0.25) is 0 Å². The number of primary sulfonamides is 1. The molecule has 0 atom stereocenters. The normalized spacial score (nSPS) is 11.1. The van der Waals surface area contributed by atoms with E-state index in [2.05, 4.69) is 26.0 Å². The molecule has 0 radical (unpaired) electrons. The molecular weight excluding hydrogens is 438 g/mol. The standard InChI is InChI=1S/C15H11BrF2N2O5S/c16-8-1-4-13(12(18)5-8)20-14(21)7-25-15(22)10-6-9(26(19,23)24)2-3-11(10)17/h1-6H,7H2,(H,20,21)(H2,19,23,24). The monoisotopic (exact) mass is 448 g/mol. The molecule has 0 spiro atoms. The van der Waals surface area contributed by atoms with Crippen molar-refractivity contribution in [3.8, 4) is 0 Å². The predicted octanol–water partition coefficient (Wildman–Crippen LogP) is 2.17. The van der Waals surface area contributed by atoms with Crippen molar-refractivity contribution in [2.24, 2.45) is 5.14 Å². The van der Waals surface area contributed by atoms with E-state index in [9.17, 15) is 26.8 Å². The summed E-state index contributed by atoms with van der Waals surface area (Å²) in [7, 11) is -4.16. The second kappa shape index (κ2) is 7.89. The zero-order valence-corrected chi connectivity index (χ0v) is 15.2. The van der Waals surface area contributed by atoms with Gasteiger partial charge < -0.3 is 10.1 Å². The SMILES string of the molecule is NS(=O)(=O)c1ccc(F)c(C(=O)OCC(=O)Nc2ccc(Br)cc2F)c1. The van der Waals surface area contributed by atoms with Crippen molar-refractivity contribution in [3.63, 3.8) is 0 Å². The quantitative estimate of drug-likeness (QED) is 0.679. The average Bonchev–Trinajstić information content (AvgIpc) is 2.54. The Bertz CT molecular complexity index is 982. The Morgan fingerprint density at radius 2 is 1.81 bits per heavy atom. The number of rotatable bonds is 5. The Labute approximate surface area is 155 Å². The van der Waals surface area contributed by atoms with Crippen molar-refractivity contribution in [1.29, 1.82) is 0 Å². The Morgan fingerprint density at radius 1 is 1.12 bits per heavy atom. The number of amides is 1. The number of benzene rings is 2. The third kappa shape index (κ3) is 5.07. The minimum atomic E-state index is -4.16. The molecule has 0 fully saturated rings. The van der Waals surface area contributed by atoms with Crippen molar-refractivity contribution >= 4 is 43.5 Å². The molecule has 0 bridgehead atoms. The number of sulfonamides is 1. The van der Waals surface area contributed by atoms with Gasteiger partial charge in [-0.2, -0.15) is 0 Å². The van der Waals surface area contributed by atoms with E-state index in [1.807, 2.05) is 0 Å². The minimum Gasteiger partial charge on any atom is -0.452 e. The van der Waals surface area contributed by atoms with Crippen LogP contribution in [0, 0.1) is 11.6 Å². The van der Waals surface area contributed by atoms with Gasteiger partial charge in [0.2, 0.25) is 10.0 Å². The predicted molar refractivity (Wildman–Crippen MR) is 90.8 cm³/mol. The fourth-order valence-corrected chi connectivity index (χ4v) is 2.70. The second-order valence-electron chi connectivity index (χ2n) is 4.94. The van der Waals surface area contributed by atoms with Gasteiger partial charge in [0.1, 0.15) is 11.6 Å². The van der Waals surface area contributed by atoms with E-state index in [0.29, 0.717) is 10.5 Å². The highest BCUT2D eigenvalue weighted by molar-refractivity contribution is 9.10. The summed E-state index contributed by atoms with van der Waals surface area (Å²) in [6, 6.07) is 6.19. The molecule has 2 rings (SSSR count). The highest BCUT2D eigenvalue weighted by Crippen LogP contribution is 2.19. The van der Waals surface area contributed by atoms with E-state index in [4.69, 9.17) is 5.14 Å². The molecule has 0 aliphatic heterocycles. The molecule has 0 saturated carbocycles. The van der Waals surface area contributed by atoms with Crippen LogP contribution in [0.25, 0.3) is 0 Å². The Morgan fingerprint density at radius 3 is 2.42 bits per heavy atom. The van der Waals surface area contributed by atoms with E-state index in [0.717, 1.165) is 18.2 Å². The van der Waals surface area contributed by atoms with Gasteiger partial charge in [0.25, 0.3) is 5.91 Å². The highest BCUT2D eigenvalue weighted by Gasteiger charge is 2.19. The lowest BCUT2D eigenvalue weighted by molar-refractivity contribution is -0.119. The van der Waals surface area contributed by atoms with E-state index >= 15 is 0 Å². The molecule has 3 N–H and O–H groups in total. The molecule has 0 aliphatic rings. The summed E-state index contributed by atoms with van der Waals surface area (Å²) >= 11 is 3.06. The van der Waals surface area contributed by atoms with E-state index in [1.165, 1.54) is 12.1 Å². The largest absolute Gasteiger partial charge is 0.452 e. The maximum atomic E-state index is 13.7. The van der Waals surface area contributed by atoms with Crippen molar-refractivity contribution in [2.45, 2.75) is 4.90 Å². The number of nitrogens with two attached hydrogens (primary N) is 1. The number of anilines is 1. The molecule has 0 saturated heterocycles. The zero-order chi connectivity index (χ0) is 19.5. The Kier molecular flexibility index (Phi) is 6.05. The number of nitrogens with one attached hydrogen (secondary N) is 1. The fourth-order valence-electron chi connectivity index (χ4n) is 1.82. The lowest BCUT2D eigenvalue weighted by Crippen LogP contribution is -2.22. The van der Waals surface area contributed by atoms with E-state index in [-0.39, 0.29) is 5.69 Å². The third-order valence-corrected chi connectivity index (χ3v) is 4.43. The van der Waals surface area contributed by atoms with Crippen LogP contribution in [0.3, 0.4) is 0 Å². The molecule has 2 aromatic carbocycles. The summed E-state index contributed by atoms with van der Waals surface area (Å²) < 4.78 is 54.9. The Balaban J connectivity index is 2.05. The van der Waals surface area contributed by atoms with Gasteiger partial charge in [0.15, 0.2) is 6.61 Å². The number of hydrogen-bond donors (Lipinski definition) is 2.